The quantitative estimate of drug-likeness (QED) is 0.394. The van der Waals surface area contributed by atoms with E-state index in [4.69, 9.17) is 17.0 Å². The third kappa shape index (κ3) is 3.68. The van der Waals surface area contributed by atoms with E-state index >= 15 is 0 Å². The Morgan fingerprint density at radius 2 is 1.32 bits per heavy atom. The number of carbonyl (C=O) groups is 1. The molecule has 0 saturated carbocycles. The van der Waals surface area contributed by atoms with Crippen molar-refractivity contribution in [3.05, 3.63) is 96.1 Å². The van der Waals surface area contributed by atoms with E-state index in [9.17, 15) is 4.79 Å². The van der Waals surface area contributed by atoms with Gasteiger partial charge in [0.1, 0.15) is 6.61 Å². The van der Waals surface area contributed by atoms with Crippen molar-refractivity contribution in [1.29, 1.82) is 0 Å². The van der Waals surface area contributed by atoms with Crippen LogP contribution >= 0.6 is 12.2 Å². The molecule has 0 bridgehead atoms. The molecule has 4 aromatic rings. The van der Waals surface area contributed by atoms with Crippen molar-refractivity contribution in [1.82, 2.24) is 4.90 Å². The van der Waals surface area contributed by atoms with Gasteiger partial charge < -0.3 is 4.74 Å². The van der Waals surface area contributed by atoms with Gasteiger partial charge in [-0.25, -0.2) is 0 Å². The number of rotatable bonds is 4. The second-order valence-corrected chi connectivity index (χ2v) is 8.70. The van der Waals surface area contributed by atoms with Gasteiger partial charge in [-0.1, -0.05) is 84.9 Å². The van der Waals surface area contributed by atoms with Crippen LogP contribution in [0.4, 0.5) is 0 Å². The monoisotopic (exact) mass is 425 g/mol. The van der Waals surface area contributed by atoms with Crippen LogP contribution in [0.2, 0.25) is 0 Å². The van der Waals surface area contributed by atoms with Gasteiger partial charge in [-0.2, -0.15) is 0 Å². The van der Waals surface area contributed by atoms with Gasteiger partial charge in [-0.3, -0.25) is 9.69 Å². The first-order valence-corrected chi connectivity index (χ1v) is 10.9. The SMILES string of the molecule is CC(=O)N1C(=S)OCC1(Cc1ccc2ccccc2c1)Cc1ccc2ccccc2c1. The minimum absolute atomic E-state index is 0.0796. The molecule has 0 radical (unpaired) electrons. The molecule has 1 aliphatic rings. The van der Waals surface area contributed by atoms with Gasteiger partial charge in [0.15, 0.2) is 0 Å². The summed E-state index contributed by atoms with van der Waals surface area (Å²) in [6.45, 7) is 1.96. The Kier molecular flexibility index (Phi) is 4.95. The smallest absolute Gasteiger partial charge is 0.266 e. The predicted molar refractivity (Wildman–Crippen MR) is 129 cm³/mol. The minimum atomic E-state index is -0.548. The number of thiocarbonyl (C=S) groups is 1. The fourth-order valence-electron chi connectivity index (χ4n) is 4.76. The molecule has 154 valence electrons. The van der Waals surface area contributed by atoms with Crippen molar-refractivity contribution in [2.45, 2.75) is 25.3 Å². The molecule has 0 spiro atoms. The van der Waals surface area contributed by atoms with Crippen LogP contribution < -0.4 is 0 Å². The number of carbonyl (C=O) groups excluding carboxylic acids is 1. The predicted octanol–water partition coefficient (Wildman–Crippen LogP) is 5.68. The number of ether oxygens (including phenoxy) is 1. The Balaban J connectivity index is 1.56. The van der Waals surface area contributed by atoms with Gasteiger partial charge in [0, 0.05) is 6.92 Å². The Bertz CT molecular complexity index is 1230. The third-order valence-corrected chi connectivity index (χ3v) is 6.43. The zero-order valence-electron chi connectivity index (χ0n) is 17.4. The molecule has 1 heterocycles. The topological polar surface area (TPSA) is 29.5 Å². The average molecular weight is 426 g/mol. The molecule has 0 N–H and O–H groups in total. The molecule has 0 unspecified atom stereocenters. The first-order chi connectivity index (χ1) is 15.0. The number of fused-ring (bicyclic) bond motifs is 2. The molecule has 1 saturated heterocycles. The van der Waals surface area contributed by atoms with Gasteiger partial charge in [-0.15, -0.1) is 0 Å². The molecule has 5 rings (SSSR count). The Morgan fingerprint density at radius 3 is 1.81 bits per heavy atom. The largest absolute Gasteiger partial charge is 0.468 e. The van der Waals surface area contributed by atoms with Crippen molar-refractivity contribution in [2.24, 2.45) is 0 Å². The number of hydrogen-bond donors (Lipinski definition) is 0. The van der Waals surface area contributed by atoms with E-state index in [1.165, 1.54) is 32.7 Å². The zero-order valence-corrected chi connectivity index (χ0v) is 18.2. The maximum atomic E-state index is 12.6. The number of nitrogens with zero attached hydrogens (tertiary/aromatic N) is 1. The van der Waals surface area contributed by atoms with Gasteiger partial charge in [0.05, 0.1) is 5.54 Å². The van der Waals surface area contributed by atoms with Gasteiger partial charge >= 0.3 is 0 Å². The molecule has 1 aliphatic heterocycles. The molecule has 0 aromatic heterocycles. The second kappa shape index (κ2) is 7.78. The summed E-state index contributed by atoms with van der Waals surface area (Å²) in [6.07, 6.45) is 1.34. The van der Waals surface area contributed by atoms with Gasteiger partial charge in [0.2, 0.25) is 5.91 Å². The van der Waals surface area contributed by atoms with E-state index in [-0.39, 0.29) is 11.1 Å². The summed E-state index contributed by atoms with van der Waals surface area (Å²) in [5.74, 6) is -0.0796. The van der Waals surface area contributed by atoms with E-state index in [0.717, 1.165) is 0 Å². The highest BCUT2D eigenvalue weighted by atomic mass is 32.1. The van der Waals surface area contributed by atoms with Crippen LogP contribution in [0.25, 0.3) is 21.5 Å². The summed E-state index contributed by atoms with van der Waals surface area (Å²) in [5, 5.41) is 5.07. The van der Waals surface area contributed by atoms with E-state index in [1.807, 2.05) is 24.3 Å². The third-order valence-electron chi connectivity index (χ3n) is 6.13. The van der Waals surface area contributed by atoms with Crippen LogP contribution in [-0.4, -0.2) is 28.1 Å². The lowest BCUT2D eigenvalue weighted by atomic mass is 9.83. The maximum absolute atomic E-state index is 12.6. The maximum Gasteiger partial charge on any atom is 0.266 e. The molecule has 4 heteroatoms. The molecule has 1 amide bonds. The van der Waals surface area contributed by atoms with Crippen LogP contribution in [0.5, 0.6) is 0 Å². The number of amides is 1. The number of benzene rings is 4. The summed E-state index contributed by atoms with van der Waals surface area (Å²) < 4.78 is 5.80. The molecule has 31 heavy (non-hydrogen) atoms. The van der Waals surface area contributed by atoms with Crippen LogP contribution in [0.3, 0.4) is 0 Å². The van der Waals surface area contributed by atoms with E-state index in [0.29, 0.717) is 19.4 Å². The highest BCUT2D eigenvalue weighted by Crippen LogP contribution is 2.34. The number of hydrogen-bond acceptors (Lipinski definition) is 3. The minimum Gasteiger partial charge on any atom is -0.468 e. The van der Waals surface area contributed by atoms with Crippen molar-refractivity contribution in [3.8, 4) is 0 Å². The summed E-state index contributed by atoms with van der Waals surface area (Å²) in [4.78, 5) is 14.3. The standard InChI is InChI=1S/C27H23NO2S/c1-19(29)28-26(31)30-18-27(28,16-20-10-12-22-6-2-4-8-24(22)14-20)17-21-11-13-23-7-3-5-9-25(23)15-21/h2-15H,16-18H2,1H3. The van der Waals surface area contributed by atoms with Crippen molar-refractivity contribution in [2.75, 3.05) is 6.61 Å². The van der Waals surface area contributed by atoms with E-state index in [2.05, 4.69) is 60.7 Å². The van der Waals surface area contributed by atoms with Crippen LogP contribution in [0, 0.1) is 0 Å². The summed E-state index contributed by atoms with van der Waals surface area (Å²) in [5.41, 5.74) is 1.78. The first-order valence-electron chi connectivity index (χ1n) is 10.5. The molecule has 1 fully saturated rings. The molecule has 4 aromatic carbocycles. The average Bonchev–Trinajstić information content (AvgIpc) is 3.09. The summed E-state index contributed by atoms with van der Waals surface area (Å²) in [6, 6.07) is 29.6. The van der Waals surface area contributed by atoms with Crippen molar-refractivity contribution >= 4 is 44.8 Å². The van der Waals surface area contributed by atoms with Crippen LogP contribution in [-0.2, 0) is 22.4 Å². The van der Waals surface area contributed by atoms with Gasteiger partial charge in [0.25, 0.3) is 5.17 Å². The van der Waals surface area contributed by atoms with Crippen molar-refractivity contribution < 1.29 is 9.53 Å². The normalized spacial score (nSPS) is 15.4. The Labute approximate surface area is 187 Å². The zero-order chi connectivity index (χ0) is 21.4. The lowest BCUT2D eigenvalue weighted by molar-refractivity contribution is -0.128. The highest BCUT2D eigenvalue weighted by molar-refractivity contribution is 7.80. The molecule has 0 aliphatic carbocycles. The first kappa shape index (κ1) is 19.7. The lowest BCUT2D eigenvalue weighted by Gasteiger charge is -2.35. The second-order valence-electron chi connectivity index (χ2n) is 8.35. The lowest BCUT2D eigenvalue weighted by Crippen LogP contribution is -2.52. The van der Waals surface area contributed by atoms with Crippen molar-refractivity contribution in [3.63, 3.8) is 0 Å². The molecule has 0 atom stereocenters. The summed E-state index contributed by atoms with van der Waals surface area (Å²) >= 11 is 5.43. The van der Waals surface area contributed by atoms with Crippen LogP contribution in [0.15, 0.2) is 84.9 Å². The van der Waals surface area contributed by atoms with E-state index < -0.39 is 5.54 Å². The molecule has 3 nitrogen and oxygen atoms in total. The fourth-order valence-corrected chi connectivity index (χ4v) is 5.14. The molecular formula is C27H23NO2S. The Morgan fingerprint density at radius 1 is 0.839 bits per heavy atom. The van der Waals surface area contributed by atoms with E-state index in [1.54, 1.807) is 11.8 Å². The Hall–Kier alpha value is -3.24. The van der Waals surface area contributed by atoms with Gasteiger partial charge in [-0.05, 0) is 57.7 Å². The highest BCUT2D eigenvalue weighted by Gasteiger charge is 2.47. The molecular weight excluding hydrogens is 402 g/mol. The fraction of sp³-hybridized carbons (Fsp3) is 0.185. The summed E-state index contributed by atoms with van der Waals surface area (Å²) in [7, 11) is 0. The van der Waals surface area contributed by atoms with Crippen LogP contribution in [0.1, 0.15) is 18.1 Å².